The molecule has 0 fully saturated rings. The largest absolute Gasteiger partial charge is 0.455 e. The van der Waals surface area contributed by atoms with E-state index in [-0.39, 0.29) is 0 Å². The number of fused-ring (bicyclic) bond motifs is 9. The maximum absolute atomic E-state index is 6.53. The van der Waals surface area contributed by atoms with Gasteiger partial charge in [0.15, 0.2) is 0 Å². The summed E-state index contributed by atoms with van der Waals surface area (Å²) in [5.41, 5.74) is 19.3. The Morgan fingerprint density at radius 1 is 0.271 bits per heavy atom. The van der Waals surface area contributed by atoms with Gasteiger partial charge in [-0.3, -0.25) is 0 Å². The van der Waals surface area contributed by atoms with Crippen LogP contribution in [0.2, 0.25) is 0 Å². The van der Waals surface area contributed by atoms with E-state index in [0.29, 0.717) is 0 Å². The molecule has 3 aromatic heterocycles. The van der Waals surface area contributed by atoms with Crippen LogP contribution < -0.4 is 4.90 Å². The predicted octanol–water partition coefficient (Wildman–Crippen LogP) is 18.7. The lowest BCUT2D eigenvalue weighted by Gasteiger charge is -2.26. The molecule has 4 nitrogen and oxygen atoms in total. The highest BCUT2D eigenvalue weighted by atomic mass is 16.3. The van der Waals surface area contributed by atoms with Crippen LogP contribution >= 0.6 is 0 Å². The van der Waals surface area contributed by atoms with Crippen molar-refractivity contribution < 1.29 is 8.83 Å². The number of nitrogens with zero attached hydrogens (tertiary/aromatic N) is 2. The van der Waals surface area contributed by atoms with Gasteiger partial charge in [0.1, 0.15) is 22.3 Å². The minimum absolute atomic E-state index is 0.882. The normalized spacial score (nSPS) is 11.7. The van der Waals surface area contributed by atoms with Gasteiger partial charge < -0.3 is 18.3 Å². The number of para-hydroxylation sites is 5. The minimum atomic E-state index is 0.882. The quantitative estimate of drug-likeness (QED) is 0.152. The zero-order valence-corrected chi connectivity index (χ0v) is 38.0. The van der Waals surface area contributed by atoms with E-state index in [1.807, 2.05) is 18.2 Å². The number of hydrogen-bond donors (Lipinski definition) is 0. The van der Waals surface area contributed by atoms with Gasteiger partial charge in [-0.25, -0.2) is 0 Å². The second-order valence-electron chi connectivity index (χ2n) is 18.0. The van der Waals surface area contributed by atoms with Crippen molar-refractivity contribution >= 4 is 82.7 Å². The summed E-state index contributed by atoms with van der Waals surface area (Å²) in [5.74, 6) is 0. The molecule has 0 aliphatic rings. The molecule has 11 aromatic carbocycles. The van der Waals surface area contributed by atoms with Crippen molar-refractivity contribution in [2.24, 2.45) is 0 Å². The Bertz CT molecular complexity index is 4260. The van der Waals surface area contributed by atoms with E-state index < -0.39 is 0 Å². The van der Waals surface area contributed by atoms with Crippen molar-refractivity contribution in [3.05, 3.63) is 255 Å². The summed E-state index contributed by atoms with van der Waals surface area (Å²) >= 11 is 0. The molecule has 0 saturated carbocycles. The lowest BCUT2D eigenvalue weighted by atomic mass is 9.99. The Morgan fingerprint density at radius 3 is 1.36 bits per heavy atom. The Morgan fingerprint density at radius 2 is 0.714 bits per heavy atom. The van der Waals surface area contributed by atoms with Crippen molar-refractivity contribution in [2.75, 3.05) is 4.90 Å². The van der Waals surface area contributed by atoms with Crippen molar-refractivity contribution in [1.82, 2.24) is 4.57 Å². The zero-order chi connectivity index (χ0) is 46.1. The molecule has 0 saturated heterocycles. The minimum Gasteiger partial charge on any atom is -0.455 e. The van der Waals surface area contributed by atoms with E-state index >= 15 is 0 Å². The standard InChI is InChI=1S/C66H42N2O2/c1-3-13-45(14-4-1)53-19-12-22-58-60-42-48(32-40-64(60)70-66(53)58)44-27-35-51(36-28-44)67(52-37-29-46(30-38-52)54-20-11-21-57-56-18-8-10-24-63(56)69-65(54)57)50-33-25-43(26-34-50)47-31-39-62-59(41-47)55-17-7-9-23-61(55)68(62)49-15-5-2-6-16-49/h1-42H. The molecule has 14 aromatic rings. The molecule has 0 aliphatic carbocycles. The SMILES string of the molecule is c1ccc(-c2cccc3c2oc2ccc(-c4ccc(N(c5ccc(-c6ccc7c(c6)c6ccccc6n7-c6ccccc6)cc5)c5ccc(-c6cccc7c6oc6ccccc67)cc5)cc4)cc23)cc1. The molecule has 3 heterocycles. The summed E-state index contributed by atoms with van der Waals surface area (Å²) in [6.07, 6.45) is 0. The van der Waals surface area contributed by atoms with Crippen LogP contribution in [-0.2, 0) is 0 Å². The van der Waals surface area contributed by atoms with Crippen LogP contribution in [0.25, 0.3) is 116 Å². The first-order valence-electron chi connectivity index (χ1n) is 23.8. The van der Waals surface area contributed by atoms with Gasteiger partial charge in [0, 0.05) is 66.2 Å². The fraction of sp³-hybridized carbons (Fsp3) is 0. The van der Waals surface area contributed by atoms with E-state index in [0.717, 1.165) is 106 Å². The van der Waals surface area contributed by atoms with Crippen LogP contribution in [0.5, 0.6) is 0 Å². The molecule has 70 heavy (non-hydrogen) atoms. The average Bonchev–Trinajstić information content (AvgIpc) is 4.11. The van der Waals surface area contributed by atoms with E-state index in [4.69, 9.17) is 8.83 Å². The summed E-state index contributed by atoms with van der Waals surface area (Å²) in [6, 6.07) is 91.0. The second-order valence-corrected chi connectivity index (χ2v) is 18.0. The smallest absolute Gasteiger partial charge is 0.143 e. The maximum Gasteiger partial charge on any atom is 0.143 e. The fourth-order valence-electron chi connectivity index (χ4n) is 10.6. The molecule has 0 unspecified atom stereocenters. The zero-order valence-electron chi connectivity index (χ0n) is 38.0. The second kappa shape index (κ2) is 16.2. The van der Waals surface area contributed by atoms with Gasteiger partial charge in [-0.05, 0) is 118 Å². The number of aromatic nitrogens is 1. The highest BCUT2D eigenvalue weighted by Crippen LogP contribution is 2.42. The number of rotatable bonds is 8. The Hall–Kier alpha value is -9.38. The first-order chi connectivity index (χ1) is 34.7. The van der Waals surface area contributed by atoms with Gasteiger partial charge in [0.05, 0.1) is 11.0 Å². The molecule has 0 radical (unpaired) electrons. The van der Waals surface area contributed by atoms with Gasteiger partial charge in [-0.2, -0.15) is 0 Å². The molecular weight excluding hydrogens is 853 g/mol. The number of anilines is 3. The molecule has 0 amide bonds. The monoisotopic (exact) mass is 894 g/mol. The van der Waals surface area contributed by atoms with Crippen molar-refractivity contribution in [1.29, 1.82) is 0 Å². The van der Waals surface area contributed by atoms with Crippen molar-refractivity contribution in [3.63, 3.8) is 0 Å². The van der Waals surface area contributed by atoms with Crippen LogP contribution in [0.1, 0.15) is 0 Å². The van der Waals surface area contributed by atoms with E-state index in [1.165, 1.54) is 27.4 Å². The molecule has 0 spiro atoms. The summed E-state index contributed by atoms with van der Waals surface area (Å²) in [5, 5.41) is 6.95. The van der Waals surface area contributed by atoms with Gasteiger partial charge in [-0.15, -0.1) is 0 Å². The Kier molecular flexibility index (Phi) is 9.17. The van der Waals surface area contributed by atoms with Crippen LogP contribution in [0, 0.1) is 0 Å². The third-order valence-corrected chi connectivity index (χ3v) is 14.0. The van der Waals surface area contributed by atoms with Gasteiger partial charge in [-0.1, -0.05) is 170 Å². The molecule has 328 valence electrons. The summed E-state index contributed by atoms with van der Waals surface area (Å²) < 4.78 is 15.4. The van der Waals surface area contributed by atoms with Crippen LogP contribution in [-0.4, -0.2) is 4.57 Å². The Labute approximate surface area is 404 Å². The summed E-state index contributed by atoms with van der Waals surface area (Å²) in [6.45, 7) is 0. The molecule has 0 N–H and O–H groups in total. The lowest BCUT2D eigenvalue weighted by molar-refractivity contribution is 0.669. The molecule has 0 bridgehead atoms. The van der Waals surface area contributed by atoms with E-state index in [9.17, 15) is 0 Å². The van der Waals surface area contributed by atoms with Crippen molar-refractivity contribution in [3.8, 4) is 50.2 Å². The third-order valence-electron chi connectivity index (χ3n) is 14.0. The first-order valence-corrected chi connectivity index (χ1v) is 23.8. The van der Waals surface area contributed by atoms with E-state index in [2.05, 4.69) is 246 Å². The highest BCUT2D eigenvalue weighted by Gasteiger charge is 2.19. The predicted molar refractivity (Wildman–Crippen MR) is 292 cm³/mol. The molecule has 14 rings (SSSR count). The van der Waals surface area contributed by atoms with Crippen molar-refractivity contribution in [2.45, 2.75) is 0 Å². The summed E-state index contributed by atoms with van der Waals surface area (Å²) in [7, 11) is 0. The molecule has 0 atom stereocenters. The average molecular weight is 895 g/mol. The van der Waals surface area contributed by atoms with Gasteiger partial charge in [0.25, 0.3) is 0 Å². The maximum atomic E-state index is 6.53. The Balaban J connectivity index is 0.844. The summed E-state index contributed by atoms with van der Waals surface area (Å²) in [4.78, 5) is 2.34. The van der Waals surface area contributed by atoms with Gasteiger partial charge in [0.2, 0.25) is 0 Å². The number of furan rings is 2. The lowest BCUT2D eigenvalue weighted by Crippen LogP contribution is -2.09. The van der Waals surface area contributed by atoms with Crippen LogP contribution in [0.15, 0.2) is 264 Å². The topological polar surface area (TPSA) is 34.5 Å². The van der Waals surface area contributed by atoms with Crippen LogP contribution in [0.3, 0.4) is 0 Å². The molecule has 0 aliphatic heterocycles. The third kappa shape index (κ3) is 6.53. The molecule has 4 heteroatoms. The van der Waals surface area contributed by atoms with E-state index in [1.54, 1.807) is 0 Å². The van der Waals surface area contributed by atoms with Crippen LogP contribution in [0.4, 0.5) is 17.1 Å². The van der Waals surface area contributed by atoms with Gasteiger partial charge >= 0.3 is 0 Å². The molecular formula is C66H42N2O2. The number of benzene rings is 11. The fourth-order valence-corrected chi connectivity index (χ4v) is 10.6. The number of hydrogen-bond acceptors (Lipinski definition) is 3. The highest BCUT2D eigenvalue weighted by molar-refractivity contribution is 6.12. The first kappa shape index (κ1) is 39.8.